The minimum absolute atomic E-state index is 0.413. The lowest BCUT2D eigenvalue weighted by molar-refractivity contribution is 0.531. The molecule has 1 aliphatic rings. The van der Waals surface area contributed by atoms with E-state index in [0.29, 0.717) is 6.04 Å². The molecule has 0 saturated carbocycles. The van der Waals surface area contributed by atoms with Gasteiger partial charge in [-0.05, 0) is 62.4 Å². The van der Waals surface area contributed by atoms with E-state index < -0.39 is 0 Å². The second kappa shape index (κ2) is 6.71. The molecular weight excluding hydrogens is 276 g/mol. The maximum absolute atomic E-state index is 4.58. The van der Waals surface area contributed by atoms with E-state index in [-0.39, 0.29) is 0 Å². The van der Waals surface area contributed by atoms with Crippen molar-refractivity contribution < 1.29 is 0 Å². The maximum atomic E-state index is 4.58. The minimum atomic E-state index is 0.413. The Balaban J connectivity index is 1.77. The maximum Gasteiger partial charge on any atom is 0.0471 e. The van der Waals surface area contributed by atoms with Crippen LogP contribution in [-0.2, 0) is 19.3 Å². The van der Waals surface area contributed by atoms with Crippen LogP contribution in [0, 0.1) is 6.92 Å². The minimum Gasteiger partial charge on any atom is -0.309 e. The Labute approximate surface area is 131 Å². The molecule has 1 unspecified atom stereocenters. The predicted molar refractivity (Wildman–Crippen MR) is 90.1 cm³/mol. The van der Waals surface area contributed by atoms with Crippen molar-refractivity contribution in [3.05, 3.63) is 51.0 Å². The number of rotatable bonds is 6. The third kappa shape index (κ3) is 3.53. The quantitative estimate of drug-likeness (QED) is 0.864. The molecule has 1 aliphatic carbocycles. The highest BCUT2D eigenvalue weighted by atomic mass is 32.1. The Morgan fingerprint density at radius 3 is 2.95 bits per heavy atom. The van der Waals surface area contributed by atoms with Crippen molar-refractivity contribution in [1.82, 2.24) is 10.3 Å². The van der Waals surface area contributed by atoms with E-state index in [4.69, 9.17) is 0 Å². The molecule has 21 heavy (non-hydrogen) atoms. The van der Waals surface area contributed by atoms with Crippen LogP contribution in [-0.4, -0.2) is 11.5 Å². The molecule has 0 fully saturated rings. The van der Waals surface area contributed by atoms with E-state index in [1.807, 2.05) is 17.5 Å². The first-order valence-corrected chi connectivity index (χ1v) is 8.84. The highest BCUT2D eigenvalue weighted by Gasteiger charge is 2.20. The fourth-order valence-electron chi connectivity index (χ4n) is 2.94. The van der Waals surface area contributed by atoms with E-state index in [1.54, 1.807) is 10.4 Å². The predicted octanol–water partition coefficient (Wildman–Crippen LogP) is 4.22. The topological polar surface area (TPSA) is 24.9 Å². The monoisotopic (exact) mass is 300 g/mol. The van der Waals surface area contributed by atoms with Gasteiger partial charge in [-0.2, -0.15) is 0 Å². The summed E-state index contributed by atoms with van der Waals surface area (Å²) in [6.45, 7) is 5.38. The highest BCUT2D eigenvalue weighted by molar-refractivity contribution is 7.12. The zero-order valence-electron chi connectivity index (χ0n) is 13.0. The molecular formula is C18H24N2S. The number of hydrogen-bond donors (Lipinski definition) is 1. The van der Waals surface area contributed by atoms with Crippen molar-refractivity contribution in [2.75, 3.05) is 6.54 Å². The average molecular weight is 300 g/mol. The zero-order chi connectivity index (χ0) is 14.7. The van der Waals surface area contributed by atoms with Crippen LogP contribution in [0.25, 0.3) is 0 Å². The van der Waals surface area contributed by atoms with Crippen LogP contribution in [0.1, 0.15) is 52.4 Å². The van der Waals surface area contributed by atoms with Crippen LogP contribution >= 0.6 is 11.3 Å². The van der Waals surface area contributed by atoms with Crippen molar-refractivity contribution in [3.8, 4) is 0 Å². The summed E-state index contributed by atoms with van der Waals surface area (Å²) in [5.74, 6) is 0. The lowest BCUT2D eigenvalue weighted by atomic mass is 10.1. The molecule has 0 aromatic carbocycles. The first-order valence-electron chi connectivity index (χ1n) is 8.02. The van der Waals surface area contributed by atoms with E-state index in [9.17, 15) is 0 Å². The molecule has 0 saturated heterocycles. The molecule has 3 heteroatoms. The van der Waals surface area contributed by atoms with Gasteiger partial charge < -0.3 is 5.32 Å². The number of nitrogens with one attached hydrogen (secondary N) is 1. The van der Waals surface area contributed by atoms with Gasteiger partial charge in [-0.25, -0.2) is 0 Å². The summed E-state index contributed by atoms with van der Waals surface area (Å²) >= 11 is 2.01. The smallest absolute Gasteiger partial charge is 0.0471 e. The molecule has 2 heterocycles. The van der Waals surface area contributed by atoms with Crippen LogP contribution in [0.15, 0.2) is 24.4 Å². The zero-order valence-corrected chi connectivity index (χ0v) is 13.8. The van der Waals surface area contributed by atoms with Gasteiger partial charge in [-0.1, -0.05) is 13.0 Å². The van der Waals surface area contributed by atoms with E-state index >= 15 is 0 Å². The molecule has 1 N–H and O–H groups in total. The van der Waals surface area contributed by atoms with Gasteiger partial charge in [-0.3, -0.25) is 4.98 Å². The molecule has 3 rings (SSSR count). The molecule has 0 bridgehead atoms. The standard InChI is InChI=1S/C18H24N2S/c1-3-9-19-16(11-15-8-7-13(2)12-20-15)18-10-14-5-4-6-17(14)21-18/h7-8,10,12,16,19H,3-6,9,11H2,1-2H3. The van der Waals surface area contributed by atoms with Gasteiger partial charge in [0.05, 0.1) is 0 Å². The van der Waals surface area contributed by atoms with Gasteiger partial charge in [0, 0.05) is 34.1 Å². The Bertz CT molecular complexity index is 564. The summed E-state index contributed by atoms with van der Waals surface area (Å²) in [7, 11) is 0. The summed E-state index contributed by atoms with van der Waals surface area (Å²) in [5.41, 5.74) is 4.00. The van der Waals surface area contributed by atoms with Crippen LogP contribution in [0.5, 0.6) is 0 Å². The van der Waals surface area contributed by atoms with Crippen LogP contribution in [0.2, 0.25) is 0 Å². The number of hydrogen-bond acceptors (Lipinski definition) is 3. The van der Waals surface area contributed by atoms with E-state index in [2.05, 4.69) is 42.3 Å². The Morgan fingerprint density at radius 1 is 1.33 bits per heavy atom. The average Bonchev–Trinajstić information content (AvgIpc) is 3.06. The van der Waals surface area contributed by atoms with Gasteiger partial charge in [0.25, 0.3) is 0 Å². The summed E-state index contributed by atoms with van der Waals surface area (Å²) in [4.78, 5) is 7.69. The fraction of sp³-hybridized carbons (Fsp3) is 0.500. The highest BCUT2D eigenvalue weighted by Crippen LogP contribution is 2.34. The van der Waals surface area contributed by atoms with Crippen LogP contribution < -0.4 is 5.32 Å². The lowest BCUT2D eigenvalue weighted by Gasteiger charge is -2.17. The van der Waals surface area contributed by atoms with Gasteiger partial charge in [-0.15, -0.1) is 11.3 Å². The normalized spacial score (nSPS) is 15.1. The van der Waals surface area contributed by atoms with Gasteiger partial charge in [0.1, 0.15) is 0 Å². The van der Waals surface area contributed by atoms with Crippen molar-refractivity contribution in [3.63, 3.8) is 0 Å². The fourth-order valence-corrected chi connectivity index (χ4v) is 4.28. The molecule has 2 aromatic rings. The summed E-state index contributed by atoms with van der Waals surface area (Å²) in [6, 6.07) is 7.18. The van der Waals surface area contributed by atoms with Crippen molar-refractivity contribution >= 4 is 11.3 Å². The molecule has 2 aromatic heterocycles. The van der Waals surface area contributed by atoms with Crippen LogP contribution in [0.4, 0.5) is 0 Å². The summed E-state index contributed by atoms with van der Waals surface area (Å²) in [5, 5.41) is 3.71. The third-order valence-corrected chi connectivity index (χ3v) is 5.49. The summed E-state index contributed by atoms with van der Waals surface area (Å²) < 4.78 is 0. The third-order valence-electron chi connectivity index (χ3n) is 4.14. The Hall–Kier alpha value is -1.19. The van der Waals surface area contributed by atoms with Gasteiger partial charge in [0.2, 0.25) is 0 Å². The molecule has 0 spiro atoms. The lowest BCUT2D eigenvalue weighted by Crippen LogP contribution is -2.23. The number of aromatic nitrogens is 1. The number of thiophene rings is 1. The molecule has 1 atom stereocenters. The van der Waals surface area contributed by atoms with Gasteiger partial charge in [0.15, 0.2) is 0 Å². The van der Waals surface area contributed by atoms with E-state index in [0.717, 1.165) is 13.0 Å². The van der Waals surface area contributed by atoms with Crippen molar-refractivity contribution in [2.45, 2.75) is 52.0 Å². The summed E-state index contributed by atoms with van der Waals surface area (Å²) in [6.07, 6.45) is 8.02. The van der Waals surface area contributed by atoms with Gasteiger partial charge >= 0.3 is 0 Å². The number of aryl methyl sites for hydroxylation is 3. The SMILES string of the molecule is CCCNC(Cc1ccc(C)cn1)c1cc2c(s1)CCC2. The molecule has 0 aliphatic heterocycles. The second-order valence-electron chi connectivity index (χ2n) is 5.99. The van der Waals surface area contributed by atoms with Crippen molar-refractivity contribution in [2.24, 2.45) is 0 Å². The molecule has 2 nitrogen and oxygen atoms in total. The molecule has 0 amide bonds. The van der Waals surface area contributed by atoms with E-state index in [1.165, 1.54) is 41.8 Å². The molecule has 112 valence electrons. The largest absolute Gasteiger partial charge is 0.309 e. The van der Waals surface area contributed by atoms with Crippen molar-refractivity contribution in [1.29, 1.82) is 0 Å². The second-order valence-corrected chi connectivity index (χ2v) is 7.16. The van der Waals surface area contributed by atoms with Crippen LogP contribution in [0.3, 0.4) is 0 Å². The number of pyridine rings is 1. The first-order chi connectivity index (χ1) is 10.3. The number of fused-ring (bicyclic) bond motifs is 1. The Morgan fingerprint density at radius 2 is 2.24 bits per heavy atom. The number of nitrogens with zero attached hydrogens (tertiary/aromatic N) is 1. The molecule has 0 radical (unpaired) electrons. The first kappa shape index (κ1) is 14.7. The Kier molecular flexibility index (Phi) is 4.71.